The molecule has 0 fully saturated rings. The van der Waals surface area contributed by atoms with Gasteiger partial charge in [0, 0.05) is 17.7 Å². The van der Waals surface area contributed by atoms with E-state index in [2.05, 4.69) is 5.32 Å². The fourth-order valence-electron chi connectivity index (χ4n) is 3.48. The summed E-state index contributed by atoms with van der Waals surface area (Å²) in [5.41, 5.74) is 0.705. The Morgan fingerprint density at radius 1 is 1.17 bits per heavy atom. The molecule has 1 aromatic heterocycles. The van der Waals surface area contributed by atoms with Crippen LogP contribution in [0.5, 0.6) is 11.5 Å². The number of benzene rings is 2. The summed E-state index contributed by atoms with van der Waals surface area (Å²) in [6.07, 6.45) is 0.784. The Kier molecular flexibility index (Phi) is 7.14. The van der Waals surface area contributed by atoms with Crippen LogP contribution in [0.2, 0.25) is 0 Å². The first kappa shape index (κ1) is 24.0. The normalized spacial score (nSPS) is 13.6. The average molecular weight is 480 g/mol. The van der Waals surface area contributed by atoms with Gasteiger partial charge in [-0.15, -0.1) is 0 Å². The maximum atomic E-state index is 13.3. The zero-order valence-corrected chi connectivity index (χ0v) is 19.4. The Morgan fingerprint density at radius 2 is 2.00 bits per heavy atom. The minimum atomic E-state index is -0.464. The molecule has 2 aromatic carbocycles. The van der Waals surface area contributed by atoms with Crippen molar-refractivity contribution in [2.75, 3.05) is 18.1 Å². The number of rotatable bonds is 9. The minimum Gasteiger partial charge on any atom is -0.485 e. The molecule has 35 heavy (non-hydrogen) atoms. The van der Waals surface area contributed by atoms with E-state index >= 15 is 0 Å². The maximum absolute atomic E-state index is 13.3. The highest BCUT2D eigenvalue weighted by Gasteiger charge is 2.28. The molecular weight excluding hydrogens is 455 g/mol. The number of nitrogens with one attached hydrogen (secondary N) is 1. The van der Waals surface area contributed by atoms with Gasteiger partial charge in [0.05, 0.1) is 12.2 Å². The van der Waals surface area contributed by atoms with Gasteiger partial charge in [-0.2, -0.15) is 0 Å². The quantitative estimate of drug-likeness (QED) is 0.463. The Labute approximate surface area is 201 Å². The number of hydrogen-bond donors (Lipinski definition) is 1. The molecular formula is C26H25FN2O6. The fraction of sp³-hybridized carbons (Fsp3) is 0.269. The van der Waals surface area contributed by atoms with Gasteiger partial charge in [0.2, 0.25) is 0 Å². The Bertz CT molecular complexity index is 1250. The molecule has 1 N–H and O–H groups in total. The average Bonchev–Trinajstić information content (AvgIpc) is 3.33. The fourth-order valence-corrected chi connectivity index (χ4v) is 3.48. The van der Waals surface area contributed by atoms with Crippen LogP contribution in [-0.4, -0.2) is 36.9 Å². The Balaban J connectivity index is 1.49. The molecule has 1 atom stereocenters. The van der Waals surface area contributed by atoms with E-state index in [1.54, 1.807) is 36.4 Å². The summed E-state index contributed by atoms with van der Waals surface area (Å²) in [4.78, 5) is 39.1. The number of furan rings is 1. The Hall–Kier alpha value is -4.14. The van der Waals surface area contributed by atoms with Crippen LogP contribution in [0, 0.1) is 5.82 Å². The lowest BCUT2D eigenvalue weighted by atomic mass is 10.1. The van der Waals surface area contributed by atoms with Gasteiger partial charge in [-0.25, -0.2) is 4.39 Å². The van der Waals surface area contributed by atoms with Crippen LogP contribution in [0.3, 0.4) is 0 Å². The molecule has 0 aliphatic carbocycles. The third-order valence-electron chi connectivity index (χ3n) is 5.58. The molecule has 4 rings (SSSR count). The number of ether oxygens (including phenoxy) is 2. The summed E-state index contributed by atoms with van der Waals surface area (Å²) < 4.78 is 29.9. The van der Waals surface area contributed by atoms with E-state index in [1.165, 1.54) is 23.1 Å². The molecule has 0 radical (unpaired) electrons. The van der Waals surface area contributed by atoms with Crippen LogP contribution < -0.4 is 19.7 Å². The lowest BCUT2D eigenvalue weighted by Crippen LogP contribution is -2.38. The summed E-state index contributed by atoms with van der Waals surface area (Å²) in [5.74, 6) is -0.224. The molecule has 0 spiro atoms. The van der Waals surface area contributed by atoms with Crippen molar-refractivity contribution in [2.45, 2.75) is 32.9 Å². The van der Waals surface area contributed by atoms with Crippen LogP contribution in [0.4, 0.5) is 10.1 Å². The largest absolute Gasteiger partial charge is 0.485 e. The van der Waals surface area contributed by atoms with E-state index in [-0.39, 0.29) is 54.9 Å². The predicted molar refractivity (Wildman–Crippen MR) is 125 cm³/mol. The first-order valence-electron chi connectivity index (χ1n) is 11.2. The first-order chi connectivity index (χ1) is 16.8. The highest BCUT2D eigenvalue weighted by molar-refractivity contribution is 6.02. The SMILES string of the molecule is CC[C@H](C)NC(=O)c1ccc(CN2C(=O)COc3ccc(C(=O)COc4cccc(F)c4)cc32)o1. The van der Waals surface area contributed by atoms with Crippen LogP contribution in [0.1, 0.15) is 46.9 Å². The summed E-state index contributed by atoms with van der Waals surface area (Å²) in [6, 6.07) is 13.4. The van der Waals surface area contributed by atoms with Gasteiger partial charge < -0.3 is 19.2 Å². The first-order valence-corrected chi connectivity index (χ1v) is 11.2. The van der Waals surface area contributed by atoms with Crippen LogP contribution in [-0.2, 0) is 11.3 Å². The summed E-state index contributed by atoms with van der Waals surface area (Å²) in [6.45, 7) is 3.46. The molecule has 9 heteroatoms. The van der Waals surface area contributed by atoms with Crippen molar-refractivity contribution in [3.63, 3.8) is 0 Å². The summed E-state index contributed by atoms with van der Waals surface area (Å²) in [7, 11) is 0. The number of ketones is 1. The second-order valence-electron chi connectivity index (χ2n) is 8.17. The topological polar surface area (TPSA) is 98.1 Å². The van der Waals surface area contributed by atoms with E-state index in [1.807, 2.05) is 13.8 Å². The van der Waals surface area contributed by atoms with Gasteiger partial charge in [-0.3, -0.25) is 19.3 Å². The van der Waals surface area contributed by atoms with Gasteiger partial charge >= 0.3 is 0 Å². The zero-order chi connectivity index (χ0) is 24.9. The standard InChI is InChI=1S/C26H25FN2O6/c1-3-16(2)28-26(32)24-10-8-20(35-24)13-29-21-11-17(7-9-23(21)34-15-25(29)31)22(30)14-33-19-6-4-5-18(27)12-19/h4-12,16H,3,13-15H2,1-2H3,(H,28,32)/t16-/m0/s1. The Morgan fingerprint density at radius 3 is 2.77 bits per heavy atom. The van der Waals surface area contributed by atoms with Crippen LogP contribution in [0.25, 0.3) is 0 Å². The molecule has 3 aromatic rings. The highest BCUT2D eigenvalue weighted by Crippen LogP contribution is 2.34. The van der Waals surface area contributed by atoms with E-state index in [4.69, 9.17) is 13.9 Å². The summed E-state index contributed by atoms with van der Waals surface area (Å²) in [5, 5.41) is 2.83. The molecule has 2 amide bonds. The predicted octanol–water partition coefficient (Wildman–Crippen LogP) is 4.13. The van der Waals surface area contributed by atoms with Crippen molar-refractivity contribution in [3.8, 4) is 11.5 Å². The number of Topliss-reactive ketones (excluding diaryl/α,β-unsaturated/α-hetero) is 1. The van der Waals surface area contributed by atoms with Crippen molar-refractivity contribution in [1.29, 1.82) is 0 Å². The molecule has 1 aliphatic rings. The third-order valence-corrected chi connectivity index (χ3v) is 5.58. The molecule has 8 nitrogen and oxygen atoms in total. The van der Waals surface area contributed by atoms with E-state index in [0.717, 1.165) is 6.42 Å². The highest BCUT2D eigenvalue weighted by atomic mass is 19.1. The van der Waals surface area contributed by atoms with Crippen LogP contribution in [0.15, 0.2) is 59.0 Å². The van der Waals surface area contributed by atoms with E-state index < -0.39 is 5.82 Å². The number of nitrogens with zero attached hydrogens (tertiary/aromatic N) is 1. The zero-order valence-electron chi connectivity index (χ0n) is 19.4. The molecule has 182 valence electrons. The number of hydrogen-bond acceptors (Lipinski definition) is 6. The second-order valence-corrected chi connectivity index (χ2v) is 8.17. The van der Waals surface area contributed by atoms with Crippen molar-refractivity contribution in [1.82, 2.24) is 5.32 Å². The number of amides is 2. The monoisotopic (exact) mass is 480 g/mol. The van der Waals surface area contributed by atoms with E-state index in [0.29, 0.717) is 22.8 Å². The maximum Gasteiger partial charge on any atom is 0.287 e. The molecule has 2 heterocycles. The van der Waals surface area contributed by atoms with Gasteiger partial charge in [-0.05, 0) is 55.8 Å². The lowest BCUT2D eigenvalue weighted by molar-refractivity contribution is -0.121. The number of carbonyl (C=O) groups excluding carboxylic acids is 3. The second kappa shape index (κ2) is 10.4. The third kappa shape index (κ3) is 5.68. The lowest BCUT2D eigenvalue weighted by Gasteiger charge is -2.29. The molecule has 0 saturated heterocycles. The number of halogens is 1. The van der Waals surface area contributed by atoms with Gasteiger partial charge in [0.1, 0.15) is 23.1 Å². The minimum absolute atomic E-state index is 0.00426. The number of carbonyl (C=O) groups is 3. The molecule has 1 aliphatic heterocycles. The van der Waals surface area contributed by atoms with Crippen LogP contribution >= 0.6 is 0 Å². The number of fused-ring (bicyclic) bond motifs is 1. The van der Waals surface area contributed by atoms with Crippen molar-refractivity contribution >= 4 is 23.3 Å². The van der Waals surface area contributed by atoms with Gasteiger partial charge in [-0.1, -0.05) is 13.0 Å². The molecule has 0 bridgehead atoms. The number of anilines is 1. The smallest absolute Gasteiger partial charge is 0.287 e. The van der Waals surface area contributed by atoms with Gasteiger partial charge in [0.25, 0.3) is 11.8 Å². The van der Waals surface area contributed by atoms with Crippen molar-refractivity contribution in [3.05, 3.63) is 77.5 Å². The van der Waals surface area contributed by atoms with E-state index in [9.17, 15) is 18.8 Å². The molecule has 0 saturated carbocycles. The van der Waals surface area contributed by atoms with Crippen molar-refractivity contribution in [2.24, 2.45) is 0 Å². The molecule has 0 unspecified atom stereocenters. The van der Waals surface area contributed by atoms with Crippen molar-refractivity contribution < 1.29 is 32.7 Å². The summed E-state index contributed by atoms with van der Waals surface area (Å²) >= 11 is 0. The van der Waals surface area contributed by atoms with Gasteiger partial charge in [0.15, 0.2) is 24.8 Å².